The molecule has 2 aliphatic heterocycles. The van der Waals surface area contributed by atoms with Crippen LogP contribution in [0.2, 0.25) is 0 Å². The van der Waals surface area contributed by atoms with Gasteiger partial charge in [-0.3, -0.25) is 0 Å². The molecule has 0 aromatic carbocycles. The smallest absolute Gasteiger partial charge is 0.0166 e. The second-order valence-corrected chi connectivity index (χ2v) is 6.61. The molecule has 0 saturated carbocycles. The van der Waals surface area contributed by atoms with Crippen molar-refractivity contribution in [3.8, 4) is 0 Å². The van der Waals surface area contributed by atoms with E-state index in [4.69, 9.17) is 0 Å². The van der Waals surface area contributed by atoms with Gasteiger partial charge in [0.2, 0.25) is 0 Å². The molecule has 1 unspecified atom stereocenters. The van der Waals surface area contributed by atoms with Crippen molar-refractivity contribution in [2.45, 2.75) is 52.0 Å². The minimum absolute atomic E-state index is 0.648. The van der Waals surface area contributed by atoms with Gasteiger partial charge in [0.1, 0.15) is 0 Å². The lowest BCUT2D eigenvalue weighted by atomic mass is 9.96. The maximum absolute atomic E-state index is 3.60. The zero-order valence-electron chi connectivity index (χ0n) is 13.0. The van der Waals surface area contributed by atoms with Crippen LogP contribution < -0.4 is 5.32 Å². The molecule has 3 heteroatoms. The number of hydrogen-bond donors (Lipinski definition) is 1. The van der Waals surface area contributed by atoms with Crippen LogP contribution in [0.25, 0.3) is 0 Å². The van der Waals surface area contributed by atoms with Crippen molar-refractivity contribution in [3.05, 3.63) is 0 Å². The Morgan fingerprint density at radius 1 is 1.05 bits per heavy atom. The van der Waals surface area contributed by atoms with Crippen molar-refractivity contribution in [1.82, 2.24) is 15.1 Å². The van der Waals surface area contributed by atoms with E-state index >= 15 is 0 Å². The molecular weight excluding hydrogens is 234 g/mol. The summed E-state index contributed by atoms with van der Waals surface area (Å²) in [6.45, 7) is 13.7. The van der Waals surface area contributed by atoms with Gasteiger partial charge < -0.3 is 15.1 Å². The van der Waals surface area contributed by atoms with Crippen LogP contribution in [-0.2, 0) is 0 Å². The predicted octanol–water partition coefficient (Wildman–Crippen LogP) is 2.18. The van der Waals surface area contributed by atoms with Gasteiger partial charge in [-0.05, 0) is 77.7 Å². The largest absolute Gasteiger partial charge is 0.313 e. The van der Waals surface area contributed by atoms with Gasteiger partial charge in [-0.15, -0.1) is 0 Å². The fourth-order valence-electron chi connectivity index (χ4n) is 3.52. The van der Waals surface area contributed by atoms with Crippen LogP contribution in [0.5, 0.6) is 0 Å². The van der Waals surface area contributed by atoms with Gasteiger partial charge in [-0.2, -0.15) is 0 Å². The van der Waals surface area contributed by atoms with Crippen molar-refractivity contribution in [2.75, 3.05) is 45.8 Å². The molecule has 0 aromatic heterocycles. The molecular formula is C16H33N3. The van der Waals surface area contributed by atoms with Crippen LogP contribution in [0.4, 0.5) is 0 Å². The molecule has 0 amide bonds. The Kier molecular flexibility index (Phi) is 6.62. The van der Waals surface area contributed by atoms with E-state index in [0.29, 0.717) is 6.04 Å². The summed E-state index contributed by atoms with van der Waals surface area (Å²) in [5, 5.41) is 3.60. The van der Waals surface area contributed by atoms with E-state index in [1.807, 2.05) is 0 Å². The topological polar surface area (TPSA) is 18.5 Å². The normalized spacial score (nSPS) is 24.9. The van der Waals surface area contributed by atoms with Gasteiger partial charge in [0.15, 0.2) is 0 Å². The van der Waals surface area contributed by atoms with Gasteiger partial charge in [0.25, 0.3) is 0 Å². The van der Waals surface area contributed by atoms with Gasteiger partial charge in [-0.1, -0.05) is 6.92 Å². The van der Waals surface area contributed by atoms with Crippen LogP contribution in [-0.4, -0.2) is 61.7 Å². The van der Waals surface area contributed by atoms with Crippen molar-refractivity contribution in [1.29, 1.82) is 0 Å². The minimum Gasteiger partial charge on any atom is -0.313 e. The minimum atomic E-state index is 0.648. The lowest BCUT2D eigenvalue weighted by molar-refractivity contribution is 0.145. The Hall–Kier alpha value is -0.120. The predicted molar refractivity (Wildman–Crippen MR) is 82.6 cm³/mol. The van der Waals surface area contributed by atoms with Crippen molar-refractivity contribution < 1.29 is 0 Å². The summed E-state index contributed by atoms with van der Waals surface area (Å²) < 4.78 is 0. The zero-order chi connectivity index (χ0) is 13.5. The first kappa shape index (κ1) is 15.3. The first-order valence-corrected chi connectivity index (χ1v) is 8.46. The lowest BCUT2D eigenvalue weighted by Gasteiger charge is -2.35. The van der Waals surface area contributed by atoms with Crippen LogP contribution >= 0.6 is 0 Å². The maximum Gasteiger partial charge on any atom is 0.0166 e. The number of nitrogens with one attached hydrogen (secondary N) is 1. The summed E-state index contributed by atoms with van der Waals surface area (Å²) in [7, 11) is 0. The molecule has 2 fully saturated rings. The third kappa shape index (κ3) is 5.41. The van der Waals surface area contributed by atoms with Gasteiger partial charge in [-0.25, -0.2) is 0 Å². The number of likely N-dealkylation sites (tertiary alicyclic amines) is 2. The molecule has 3 nitrogen and oxygen atoms in total. The molecule has 2 aliphatic rings. The first-order chi connectivity index (χ1) is 9.28. The average molecular weight is 267 g/mol. The highest BCUT2D eigenvalue weighted by Crippen LogP contribution is 2.20. The van der Waals surface area contributed by atoms with E-state index in [1.54, 1.807) is 0 Å². The molecule has 2 heterocycles. The molecule has 0 spiro atoms. The first-order valence-electron chi connectivity index (χ1n) is 8.46. The Morgan fingerprint density at radius 3 is 2.37 bits per heavy atom. The van der Waals surface area contributed by atoms with Crippen LogP contribution in [0.15, 0.2) is 0 Å². The SMILES string of the molecule is CCCNC(C)CN1CCC(CN2CCCC2)CC1. The highest BCUT2D eigenvalue weighted by Gasteiger charge is 2.23. The van der Waals surface area contributed by atoms with E-state index in [9.17, 15) is 0 Å². The molecule has 19 heavy (non-hydrogen) atoms. The molecule has 2 saturated heterocycles. The van der Waals surface area contributed by atoms with Crippen molar-refractivity contribution in [2.24, 2.45) is 5.92 Å². The van der Waals surface area contributed by atoms with Crippen molar-refractivity contribution >= 4 is 0 Å². The van der Waals surface area contributed by atoms with Crippen LogP contribution in [0.1, 0.15) is 46.0 Å². The zero-order valence-corrected chi connectivity index (χ0v) is 13.0. The lowest BCUT2D eigenvalue weighted by Crippen LogP contribution is -2.44. The summed E-state index contributed by atoms with van der Waals surface area (Å²) in [4.78, 5) is 5.35. The highest BCUT2D eigenvalue weighted by molar-refractivity contribution is 4.78. The number of hydrogen-bond acceptors (Lipinski definition) is 3. The third-order valence-electron chi connectivity index (χ3n) is 4.70. The Bertz CT molecular complexity index is 230. The second-order valence-electron chi connectivity index (χ2n) is 6.61. The van der Waals surface area contributed by atoms with Gasteiger partial charge in [0, 0.05) is 19.1 Å². The van der Waals surface area contributed by atoms with E-state index in [2.05, 4.69) is 29.0 Å². The molecule has 1 N–H and O–H groups in total. The summed E-state index contributed by atoms with van der Waals surface area (Å²) in [5.74, 6) is 0.966. The molecule has 0 aliphatic carbocycles. The summed E-state index contributed by atoms with van der Waals surface area (Å²) in [6, 6.07) is 0.648. The van der Waals surface area contributed by atoms with E-state index in [1.165, 1.54) is 71.4 Å². The summed E-state index contributed by atoms with van der Waals surface area (Å²) >= 11 is 0. The van der Waals surface area contributed by atoms with Gasteiger partial charge >= 0.3 is 0 Å². The fourth-order valence-corrected chi connectivity index (χ4v) is 3.52. The molecule has 1 atom stereocenters. The van der Waals surface area contributed by atoms with Gasteiger partial charge in [0.05, 0.1) is 0 Å². The standard InChI is InChI=1S/C16H33N3/c1-3-8-17-15(2)13-19-11-6-16(7-12-19)14-18-9-4-5-10-18/h15-17H,3-14H2,1-2H3. The van der Waals surface area contributed by atoms with Crippen molar-refractivity contribution in [3.63, 3.8) is 0 Å². The maximum atomic E-state index is 3.60. The molecule has 0 radical (unpaired) electrons. The third-order valence-corrected chi connectivity index (χ3v) is 4.70. The Labute approximate surface area is 119 Å². The van der Waals surface area contributed by atoms with E-state index in [0.717, 1.165) is 12.5 Å². The quantitative estimate of drug-likeness (QED) is 0.763. The number of piperidine rings is 1. The highest BCUT2D eigenvalue weighted by atomic mass is 15.2. The monoisotopic (exact) mass is 267 g/mol. The molecule has 0 aromatic rings. The number of nitrogens with zero attached hydrogens (tertiary/aromatic N) is 2. The summed E-state index contributed by atoms with van der Waals surface area (Å²) in [6.07, 6.45) is 6.93. The van der Waals surface area contributed by atoms with Crippen LogP contribution in [0, 0.1) is 5.92 Å². The number of rotatable bonds is 7. The second kappa shape index (κ2) is 8.23. The van der Waals surface area contributed by atoms with E-state index in [-0.39, 0.29) is 0 Å². The molecule has 0 bridgehead atoms. The Morgan fingerprint density at radius 2 is 1.74 bits per heavy atom. The van der Waals surface area contributed by atoms with Crippen LogP contribution in [0.3, 0.4) is 0 Å². The van der Waals surface area contributed by atoms with E-state index < -0.39 is 0 Å². The Balaban J connectivity index is 1.59. The molecule has 112 valence electrons. The molecule has 2 rings (SSSR count). The fraction of sp³-hybridized carbons (Fsp3) is 1.00. The average Bonchev–Trinajstić information content (AvgIpc) is 2.91. The summed E-state index contributed by atoms with van der Waals surface area (Å²) in [5.41, 5.74) is 0.